The molecule has 3 N–H and O–H groups in total. The van der Waals surface area contributed by atoms with Gasteiger partial charge in [-0.15, -0.1) is 0 Å². The van der Waals surface area contributed by atoms with Crippen LogP contribution in [0.1, 0.15) is 47.5 Å². The molecule has 20 heavy (non-hydrogen) atoms. The summed E-state index contributed by atoms with van der Waals surface area (Å²) >= 11 is 0. The number of rotatable bonds is 9. The molecule has 0 amide bonds. The van der Waals surface area contributed by atoms with Gasteiger partial charge in [0.15, 0.2) is 5.78 Å². The summed E-state index contributed by atoms with van der Waals surface area (Å²) in [5.74, 6) is -1.23. The number of Topliss-reactive ketones (excluding diaryl/α,β-unsaturated/α-hetero) is 2. The number of aliphatic carboxylic acids is 1. The van der Waals surface area contributed by atoms with E-state index in [1.807, 2.05) is 0 Å². The van der Waals surface area contributed by atoms with Gasteiger partial charge in [0.05, 0.1) is 17.1 Å². The molecule has 0 fully saturated rings. The highest BCUT2D eigenvalue weighted by Crippen LogP contribution is 2.15. The largest absolute Gasteiger partial charge is 0.481 e. The summed E-state index contributed by atoms with van der Waals surface area (Å²) in [6.07, 6.45) is 0.0210. The number of hydrogen-bond acceptors (Lipinski definition) is 5. The van der Waals surface area contributed by atoms with Gasteiger partial charge in [-0.2, -0.15) is 0 Å². The maximum atomic E-state index is 12.5. The summed E-state index contributed by atoms with van der Waals surface area (Å²) in [7, 11) is 1.67. The molecule has 6 nitrogen and oxygen atoms in total. The van der Waals surface area contributed by atoms with Crippen molar-refractivity contribution >= 4 is 17.5 Å². The molecule has 1 atom stereocenters. The number of ketones is 2. The van der Waals surface area contributed by atoms with Crippen LogP contribution in [0.5, 0.6) is 0 Å². The summed E-state index contributed by atoms with van der Waals surface area (Å²) in [6.45, 7) is 8.26. The van der Waals surface area contributed by atoms with Crippen molar-refractivity contribution in [3.05, 3.63) is 0 Å². The molecule has 0 saturated heterocycles. The first-order valence-corrected chi connectivity index (χ1v) is 6.68. The van der Waals surface area contributed by atoms with Crippen molar-refractivity contribution in [1.82, 2.24) is 10.6 Å². The lowest BCUT2D eigenvalue weighted by atomic mass is 9.88. The first-order chi connectivity index (χ1) is 8.94. The number of carboxylic acids is 1. The van der Waals surface area contributed by atoms with Crippen molar-refractivity contribution < 1.29 is 19.5 Å². The molecule has 116 valence electrons. The fourth-order valence-corrected chi connectivity index (χ4v) is 1.63. The van der Waals surface area contributed by atoms with Crippen molar-refractivity contribution in [2.24, 2.45) is 0 Å². The average Bonchev–Trinajstić information content (AvgIpc) is 2.32. The molecule has 0 aliphatic rings. The third kappa shape index (κ3) is 5.38. The summed E-state index contributed by atoms with van der Waals surface area (Å²) in [5.41, 5.74) is -1.66. The van der Waals surface area contributed by atoms with Crippen molar-refractivity contribution in [3.63, 3.8) is 0 Å². The Bertz CT molecular complexity index is 389. The van der Waals surface area contributed by atoms with Crippen LogP contribution < -0.4 is 10.6 Å². The number of carbonyl (C=O) groups is 3. The summed E-state index contributed by atoms with van der Waals surface area (Å²) in [5, 5.41) is 14.7. The van der Waals surface area contributed by atoms with Gasteiger partial charge in [0.1, 0.15) is 5.78 Å². The summed E-state index contributed by atoms with van der Waals surface area (Å²) in [4.78, 5) is 34.8. The minimum absolute atomic E-state index is 0.104. The van der Waals surface area contributed by atoms with Crippen LogP contribution in [0.25, 0.3) is 0 Å². The van der Waals surface area contributed by atoms with Gasteiger partial charge in [0.2, 0.25) is 0 Å². The van der Waals surface area contributed by atoms with E-state index in [9.17, 15) is 14.4 Å². The van der Waals surface area contributed by atoms with E-state index in [4.69, 9.17) is 5.11 Å². The fourth-order valence-electron chi connectivity index (χ4n) is 1.63. The minimum Gasteiger partial charge on any atom is -0.481 e. The van der Waals surface area contributed by atoms with Crippen molar-refractivity contribution in [2.45, 2.75) is 64.6 Å². The Kier molecular flexibility index (Phi) is 6.50. The maximum absolute atomic E-state index is 12.5. The van der Waals surface area contributed by atoms with Crippen LogP contribution in [-0.2, 0) is 14.4 Å². The standard InChI is InChI=1S/C14H26N2O4/c1-9(17)13(2,3)16-10(7-8-11(18)19)12(20)14(4,5)15-6/h10,15-16H,7-8H2,1-6H3,(H,18,19). The molecule has 0 saturated carbocycles. The van der Waals surface area contributed by atoms with Gasteiger partial charge in [-0.05, 0) is 48.1 Å². The topological polar surface area (TPSA) is 95.5 Å². The van der Waals surface area contributed by atoms with Gasteiger partial charge in [-0.3, -0.25) is 19.7 Å². The molecule has 0 aromatic carbocycles. The number of likely N-dealkylation sites (N-methyl/N-ethyl adjacent to an activating group) is 1. The second-order valence-corrected chi connectivity index (χ2v) is 6.05. The van der Waals surface area contributed by atoms with E-state index in [1.54, 1.807) is 34.7 Å². The third-order valence-corrected chi connectivity index (χ3v) is 3.62. The predicted molar refractivity (Wildman–Crippen MR) is 76.7 cm³/mol. The van der Waals surface area contributed by atoms with Crippen molar-refractivity contribution in [3.8, 4) is 0 Å². The number of nitrogens with one attached hydrogen (secondary N) is 2. The average molecular weight is 286 g/mol. The van der Waals surface area contributed by atoms with Gasteiger partial charge in [-0.25, -0.2) is 0 Å². The number of hydrogen-bond donors (Lipinski definition) is 3. The van der Waals surface area contributed by atoms with Gasteiger partial charge < -0.3 is 10.4 Å². The zero-order chi connectivity index (χ0) is 16.1. The minimum atomic E-state index is -0.965. The molecule has 0 rings (SSSR count). The van der Waals surface area contributed by atoms with Gasteiger partial charge in [0.25, 0.3) is 0 Å². The normalized spacial score (nSPS) is 13.9. The van der Waals surface area contributed by atoms with Crippen LogP contribution in [0.4, 0.5) is 0 Å². The lowest BCUT2D eigenvalue weighted by Gasteiger charge is -2.33. The fraction of sp³-hybridized carbons (Fsp3) is 0.786. The molecule has 1 unspecified atom stereocenters. The van der Waals surface area contributed by atoms with E-state index in [0.717, 1.165) is 0 Å². The summed E-state index contributed by atoms with van der Waals surface area (Å²) in [6, 6.07) is -0.688. The monoisotopic (exact) mass is 286 g/mol. The highest BCUT2D eigenvalue weighted by molar-refractivity contribution is 5.94. The van der Waals surface area contributed by atoms with E-state index in [0.29, 0.717) is 0 Å². The third-order valence-electron chi connectivity index (χ3n) is 3.62. The second kappa shape index (κ2) is 6.95. The lowest BCUT2D eigenvalue weighted by molar-refractivity contribution is -0.137. The van der Waals surface area contributed by atoms with Gasteiger partial charge >= 0.3 is 5.97 Å². The zero-order valence-corrected chi connectivity index (χ0v) is 13.2. The molecule has 0 spiro atoms. The van der Waals surface area contributed by atoms with Gasteiger partial charge in [-0.1, -0.05) is 0 Å². The van der Waals surface area contributed by atoms with E-state index < -0.39 is 23.1 Å². The molecular weight excluding hydrogens is 260 g/mol. The van der Waals surface area contributed by atoms with Crippen LogP contribution in [0.15, 0.2) is 0 Å². The van der Waals surface area contributed by atoms with Gasteiger partial charge in [0, 0.05) is 6.42 Å². The maximum Gasteiger partial charge on any atom is 0.303 e. The molecule has 0 aromatic rings. The lowest BCUT2D eigenvalue weighted by Crippen LogP contribution is -2.59. The molecule has 0 heterocycles. The van der Waals surface area contributed by atoms with Crippen LogP contribution in [0.3, 0.4) is 0 Å². The SMILES string of the molecule is CNC(C)(C)C(=O)C(CCC(=O)O)NC(C)(C)C(C)=O. The van der Waals surface area contributed by atoms with Crippen LogP contribution in [-0.4, -0.2) is 46.8 Å². The van der Waals surface area contributed by atoms with Crippen molar-refractivity contribution in [2.75, 3.05) is 7.05 Å². The Balaban J connectivity index is 5.14. The molecule has 6 heteroatoms. The molecule has 0 radical (unpaired) electrons. The Morgan fingerprint density at radius 1 is 1.10 bits per heavy atom. The predicted octanol–water partition coefficient (Wildman–Crippen LogP) is 0.744. The van der Waals surface area contributed by atoms with Crippen LogP contribution >= 0.6 is 0 Å². The molecular formula is C14H26N2O4. The molecule has 0 aliphatic heterocycles. The molecule has 0 bridgehead atoms. The summed E-state index contributed by atoms with van der Waals surface area (Å²) < 4.78 is 0. The van der Waals surface area contributed by atoms with E-state index in [1.165, 1.54) is 6.92 Å². The first-order valence-electron chi connectivity index (χ1n) is 6.68. The molecule has 0 aliphatic carbocycles. The highest BCUT2D eigenvalue weighted by Gasteiger charge is 2.36. The Morgan fingerprint density at radius 2 is 1.60 bits per heavy atom. The smallest absolute Gasteiger partial charge is 0.303 e. The number of carboxylic acid groups (broad SMARTS) is 1. The second-order valence-electron chi connectivity index (χ2n) is 6.05. The Labute approximate surface area is 120 Å². The van der Waals surface area contributed by atoms with E-state index in [-0.39, 0.29) is 24.4 Å². The first kappa shape index (κ1) is 18.7. The van der Waals surface area contributed by atoms with Crippen LogP contribution in [0, 0.1) is 0 Å². The van der Waals surface area contributed by atoms with E-state index in [2.05, 4.69) is 10.6 Å². The Hall–Kier alpha value is -1.27. The van der Waals surface area contributed by atoms with E-state index >= 15 is 0 Å². The quantitative estimate of drug-likeness (QED) is 0.579. The number of carbonyl (C=O) groups excluding carboxylic acids is 2. The Morgan fingerprint density at radius 3 is 1.95 bits per heavy atom. The highest BCUT2D eigenvalue weighted by atomic mass is 16.4. The molecule has 0 aromatic heterocycles. The van der Waals surface area contributed by atoms with Crippen molar-refractivity contribution in [1.29, 1.82) is 0 Å². The van der Waals surface area contributed by atoms with Crippen LogP contribution in [0.2, 0.25) is 0 Å². The zero-order valence-electron chi connectivity index (χ0n) is 13.2.